The van der Waals surface area contributed by atoms with Crippen molar-refractivity contribution in [1.82, 2.24) is 0 Å². The number of carbonyl (C=O) groups is 1. The van der Waals surface area contributed by atoms with Crippen molar-refractivity contribution in [2.75, 3.05) is 0 Å². The number of aromatic carboxylic acids is 1. The summed E-state index contributed by atoms with van der Waals surface area (Å²) in [6.45, 7) is 0. The lowest BCUT2D eigenvalue weighted by Crippen LogP contribution is -2.12. The third kappa shape index (κ3) is 2.16. The second kappa shape index (κ2) is 4.92. The van der Waals surface area contributed by atoms with E-state index in [1.807, 2.05) is 0 Å². The smallest absolute Gasteiger partial charge is 0.372 e. The highest BCUT2D eigenvalue weighted by atomic mass is 16.4. The molecule has 0 spiro atoms. The summed E-state index contributed by atoms with van der Waals surface area (Å²) in [5.74, 6) is -2.06. The lowest BCUT2D eigenvalue weighted by Gasteiger charge is -2.07. The normalized spacial score (nSPS) is 10.7. The molecule has 3 N–H and O–H groups in total. The van der Waals surface area contributed by atoms with Crippen LogP contribution in [0.2, 0.25) is 0 Å². The number of phenolic OH excluding ortho intramolecular Hbond substituents is 2. The minimum absolute atomic E-state index is 0.00396. The Balaban J connectivity index is 2.41. The van der Waals surface area contributed by atoms with E-state index in [0.29, 0.717) is 5.56 Å². The van der Waals surface area contributed by atoms with E-state index in [0.717, 1.165) is 0 Å². The zero-order valence-corrected chi connectivity index (χ0v) is 11.1. The largest absolute Gasteiger partial charge is 0.508 e. The minimum Gasteiger partial charge on any atom is -0.508 e. The summed E-state index contributed by atoms with van der Waals surface area (Å²) < 4.78 is 5.28. The monoisotopic (exact) mass is 298 g/mol. The van der Waals surface area contributed by atoms with Crippen molar-refractivity contribution < 1.29 is 24.5 Å². The Morgan fingerprint density at radius 2 is 1.59 bits per heavy atom. The number of benzene rings is 2. The SMILES string of the molecule is O=C(O)c1oc2cc(O)ccc2c(=O)c1-c1ccc(O)cc1. The maximum Gasteiger partial charge on any atom is 0.372 e. The molecule has 3 rings (SSSR count). The Morgan fingerprint density at radius 3 is 2.23 bits per heavy atom. The van der Waals surface area contributed by atoms with E-state index in [4.69, 9.17) is 4.42 Å². The van der Waals surface area contributed by atoms with Crippen LogP contribution in [0.3, 0.4) is 0 Å². The van der Waals surface area contributed by atoms with Crippen LogP contribution in [0.5, 0.6) is 11.5 Å². The van der Waals surface area contributed by atoms with Gasteiger partial charge in [-0.2, -0.15) is 0 Å². The van der Waals surface area contributed by atoms with E-state index in [1.54, 1.807) is 0 Å². The average molecular weight is 298 g/mol. The Labute approximate surface area is 123 Å². The summed E-state index contributed by atoms with van der Waals surface area (Å²) in [7, 11) is 0. The molecule has 6 nitrogen and oxygen atoms in total. The van der Waals surface area contributed by atoms with E-state index in [2.05, 4.69) is 0 Å². The van der Waals surface area contributed by atoms with Crippen LogP contribution in [-0.2, 0) is 0 Å². The van der Waals surface area contributed by atoms with Crippen LogP contribution in [-0.4, -0.2) is 21.3 Å². The molecule has 0 amide bonds. The van der Waals surface area contributed by atoms with Gasteiger partial charge in [0, 0.05) is 6.07 Å². The highest BCUT2D eigenvalue weighted by molar-refractivity contribution is 5.96. The van der Waals surface area contributed by atoms with Gasteiger partial charge in [0.1, 0.15) is 17.1 Å². The first-order valence-electron chi connectivity index (χ1n) is 6.30. The maximum absolute atomic E-state index is 12.6. The molecule has 0 aliphatic carbocycles. The molecule has 0 saturated heterocycles. The van der Waals surface area contributed by atoms with E-state index in [-0.39, 0.29) is 28.0 Å². The van der Waals surface area contributed by atoms with Gasteiger partial charge in [-0.1, -0.05) is 12.1 Å². The van der Waals surface area contributed by atoms with E-state index in [1.165, 1.54) is 42.5 Å². The Hall–Kier alpha value is -3.28. The molecule has 0 aliphatic heterocycles. The third-order valence-corrected chi connectivity index (χ3v) is 3.23. The Bertz CT molecular complexity index is 937. The molecule has 1 heterocycles. The standard InChI is InChI=1S/C16H10O6/c17-9-3-1-8(2-4-9)13-14(19)11-6-5-10(18)7-12(11)22-15(13)16(20)21/h1-7,17-18H,(H,20,21). The third-order valence-electron chi connectivity index (χ3n) is 3.23. The van der Waals surface area contributed by atoms with Gasteiger partial charge in [-0.25, -0.2) is 4.79 Å². The van der Waals surface area contributed by atoms with Gasteiger partial charge in [0.25, 0.3) is 0 Å². The van der Waals surface area contributed by atoms with Gasteiger partial charge in [-0.15, -0.1) is 0 Å². The van der Waals surface area contributed by atoms with Crippen LogP contribution in [0, 0.1) is 0 Å². The van der Waals surface area contributed by atoms with Crippen molar-refractivity contribution in [2.45, 2.75) is 0 Å². The number of aromatic hydroxyl groups is 2. The fourth-order valence-electron chi connectivity index (χ4n) is 2.22. The molecule has 3 aromatic rings. The summed E-state index contributed by atoms with van der Waals surface area (Å²) in [6.07, 6.45) is 0. The first-order chi connectivity index (χ1) is 10.5. The van der Waals surface area contributed by atoms with E-state index >= 15 is 0 Å². The van der Waals surface area contributed by atoms with Gasteiger partial charge >= 0.3 is 5.97 Å². The number of carboxylic acids is 1. The van der Waals surface area contributed by atoms with Crippen LogP contribution in [0.15, 0.2) is 51.7 Å². The molecule has 0 fully saturated rings. The lowest BCUT2D eigenvalue weighted by atomic mass is 10.0. The van der Waals surface area contributed by atoms with Gasteiger partial charge in [-0.05, 0) is 29.8 Å². The number of hydrogen-bond acceptors (Lipinski definition) is 5. The highest BCUT2D eigenvalue weighted by Gasteiger charge is 2.21. The number of rotatable bonds is 2. The summed E-state index contributed by atoms with van der Waals surface area (Å²) in [6, 6.07) is 9.43. The maximum atomic E-state index is 12.6. The van der Waals surface area contributed by atoms with Crippen LogP contribution in [0.1, 0.15) is 10.6 Å². The number of hydrogen-bond donors (Lipinski definition) is 3. The number of phenols is 2. The Kier molecular flexibility index (Phi) is 3.06. The van der Waals surface area contributed by atoms with Gasteiger partial charge in [0.15, 0.2) is 0 Å². The van der Waals surface area contributed by atoms with Crippen LogP contribution in [0.25, 0.3) is 22.1 Å². The van der Waals surface area contributed by atoms with Crippen LogP contribution < -0.4 is 5.43 Å². The van der Waals surface area contributed by atoms with Crippen LogP contribution >= 0.6 is 0 Å². The van der Waals surface area contributed by atoms with Crippen LogP contribution in [0.4, 0.5) is 0 Å². The second-order valence-corrected chi connectivity index (χ2v) is 4.67. The zero-order chi connectivity index (χ0) is 15.9. The predicted molar refractivity (Wildman–Crippen MR) is 78.2 cm³/mol. The Morgan fingerprint density at radius 1 is 0.955 bits per heavy atom. The molecule has 0 unspecified atom stereocenters. The quantitative estimate of drug-likeness (QED) is 0.671. The fraction of sp³-hybridized carbons (Fsp3) is 0. The van der Waals surface area contributed by atoms with Crippen molar-refractivity contribution in [2.24, 2.45) is 0 Å². The predicted octanol–water partition coefficient (Wildman–Crippen LogP) is 2.57. The van der Waals surface area contributed by atoms with E-state index < -0.39 is 17.2 Å². The topological polar surface area (TPSA) is 108 Å². The first-order valence-corrected chi connectivity index (χ1v) is 6.30. The molecular weight excluding hydrogens is 288 g/mol. The van der Waals surface area contributed by atoms with Gasteiger partial charge in [-0.3, -0.25) is 4.79 Å². The molecule has 0 atom stereocenters. The fourth-order valence-corrected chi connectivity index (χ4v) is 2.22. The zero-order valence-electron chi connectivity index (χ0n) is 11.1. The van der Waals surface area contributed by atoms with Crippen molar-refractivity contribution in [3.63, 3.8) is 0 Å². The molecule has 1 aromatic heterocycles. The molecule has 0 radical (unpaired) electrons. The summed E-state index contributed by atoms with van der Waals surface area (Å²) in [5.41, 5.74) is -0.320. The lowest BCUT2D eigenvalue weighted by molar-refractivity contribution is 0.0664. The second-order valence-electron chi connectivity index (χ2n) is 4.67. The van der Waals surface area contributed by atoms with Gasteiger partial charge in [0.05, 0.1) is 10.9 Å². The minimum atomic E-state index is -1.40. The molecule has 2 aromatic carbocycles. The summed E-state index contributed by atoms with van der Waals surface area (Å²) in [5, 5.41) is 28.2. The first kappa shape index (κ1) is 13.7. The van der Waals surface area contributed by atoms with Crippen molar-refractivity contribution >= 4 is 16.9 Å². The molecule has 0 bridgehead atoms. The summed E-state index contributed by atoms with van der Waals surface area (Å²) >= 11 is 0. The molecule has 110 valence electrons. The van der Waals surface area contributed by atoms with E-state index in [9.17, 15) is 24.9 Å². The number of carboxylic acid groups (broad SMARTS) is 1. The summed E-state index contributed by atoms with van der Waals surface area (Å²) in [4.78, 5) is 24.0. The highest BCUT2D eigenvalue weighted by Crippen LogP contribution is 2.27. The van der Waals surface area contributed by atoms with Crippen molar-refractivity contribution in [3.8, 4) is 22.6 Å². The molecular formula is C16H10O6. The molecule has 0 aliphatic rings. The molecule has 0 saturated carbocycles. The average Bonchev–Trinajstić information content (AvgIpc) is 2.48. The van der Waals surface area contributed by atoms with Gasteiger partial charge in [0.2, 0.25) is 11.2 Å². The molecule has 22 heavy (non-hydrogen) atoms. The van der Waals surface area contributed by atoms with Crippen molar-refractivity contribution in [1.29, 1.82) is 0 Å². The van der Waals surface area contributed by atoms with Crippen molar-refractivity contribution in [3.05, 3.63) is 58.4 Å². The molecule has 6 heteroatoms. The number of fused-ring (bicyclic) bond motifs is 1. The van der Waals surface area contributed by atoms with Gasteiger partial charge < -0.3 is 19.7 Å².